The summed E-state index contributed by atoms with van der Waals surface area (Å²) in [7, 11) is 0. The van der Waals surface area contributed by atoms with Crippen LogP contribution in [0.25, 0.3) is 0 Å². The first-order valence-corrected chi connectivity index (χ1v) is 6.07. The van der Waals surface area contributed by atoms with E-state index >= 15 is 0 Å². The Hall–Kier alpha value is -1.12. The molecule has 3 rings (SSSR count). The third kappa shape index (κ3) is 8.35. The first-order valence-electron chi connectivity index (χ1n) is 5.63. The van der Waals surface area contributed by atoms with Gasteiger partial charge in [-0.15, -0.1) is 30.4 Å². The summed E-state index contributed by atoms with van der Waals surface area (Å²) in [6.45, 7) is 0.760. The molecule has 0 aromatic heterocycles. The Balaban J connectivity index is 0. The van der Waals surface area contributed by atoms with E-state index in [2.05, 4.69) is 28.9 Å². The van der Waals surface area contributed by atoms with E-state index in [1.807, 2.05) is 42.5 Å². The van der Waals surface area contributed by atoms with Gasteiger partial charge in [0.1, 0.15) is 0 Å². The van der Waals surface area contributed by atoms with Crippen molar-refractivity contribution in [3.05, 3.63) is 64.2 Å². The van der Waals surface area contributed by atoms with Gasteiger partial charge in [0.2, 0.25) is 0 Å². The van der Waals surface area contributed by atoms with Crippen LogP contribution >= 0.6 is 25.0 Å². The predicted molar refractivity (Wildman–Crippen MR) is 89.2 cm³/mol. The first kappa shape index (κ1) is 23.2. The average molecular weight is 349 g/mol. The van der Waals surface area contributed by atoms with Crippen LogP contribution in [0.3, 0.4) is 0 Å². The van der Waals surface area contributed by atoms with Crippen molar-refractivity contribution >= 4 is 36.4 Å². The quantitative estimate of drug-likeness (QED) is 0.248. The zero-order valence-electron chi connectivity index (χ0n) is 11.9. The molecule has 0 spiro atoms. The van der Waals surface area contributed by atoms with Crippen molar-refractivity contribution in [2.45, 2.75) is 11.4 Å². The van der Waals surface area contributed by atoms with Gasteiger partial charge in [0, 0.05) is 16.1 Å². The maximum atomic E-state index is 8.00. The fourth-order valence-electron chi connectivity index (χ4n) is 1.42. The third-order valence-corrected chi connectivity index (χ3v) is 2.76. The molecular formula is C13H14ClN4NaO2S. The molecule has 1 aliphatic rings. The van der Waals surface area contributed by atoms with Gasteiger partial charge < -0.3 is 15.8 Å². The predicted octanol–water partition coefficient (Wildman–Crippen LogP) is 1.52. The maximum Gasteiger partial charge on any atom is 1.00 e. The van der Waals surface area contributed by atoms with Crippen LogP contribution in [0.2, 0.25) is 0 Å². The number of thiol groups is 1. The SMILES string of the molecule is Cl.Nc1ccccc1S.O=N[O-].[Na+].c1ccc2c(c1)CN=N2. The Kier molecular flexibility index (Phi) is 14.2. The summed E-state index contributed by atoms with van der Waals surface area (Å²) in [4.78, 5) is 8.84. The number of benzene rings is 2. The van der Waals surface area contributed by atoms with Gasteiger partial charge in [0.25, 0.3) is 0 Å². The van der Waals surface area contributed by atoms with E-state index < -0.39 is 0 Å². The van der Waals surface area contributed by atoms with E-state index in [9.17, 15) is 0 Å². The molecule has 2 aromatic carbocycles. The van der Waals surface area contributed by atoms with Crippen LogP contribution in [0.1, 0.15) is 5.56 Å². The van der Waals surface area contributed by atoms with E-state index in [1.54, 1.807) is 0 Å². The third-order valence-electron chi connectivity index (χ3n) is 2.35. The summed E-state index contributed by atoms with van der Waals surface area (Å²) < 4.78 is 0. The number of nitrogens with two attached hydrogens (primary N) is 1. The number of hydrogen-bond acceptors (Lipinski definition) is 7. The Morgan fingerprint density at radius 2 is 1.68 bits per heavy atom. The van der Waals surface area contributed by atoms with Gasteiger partial charge in [-0.1, -0.05) is 30.3 Å². The molecule has 0 radical (unpaired) electrons. The van der Waals surface area contributed by atoms with Crippen molar-refractivity contribution in [1.82, 2.24) is 0 Å². The number of azo groups is 1. The Labute approximate surface area is 162 Å². The van der Waals surface area contributed by atoms with Crippen molar-refractivity contribution in [3.8, 4) is 0 Å². The number of nitrogen functional groups attached to an aromatic ring is 1. The molecule has 0 bridgehead atoms. The van der Waals surface area contributed by atoms with Crippen molar-refractivity contribution in [3.63, 3.8) is 0 Å². The molecular weight excluding hydrogens is 335 g/mol. The monoisotopic (exact) mass is 348 g/mol. The summed E-state index contributed by atoms with van der Waals surface area (Å²) in [5.74, 6) is 0. The standard InChI is InChI=1S/C7H6N2.C6H7NS.ClH.HNO2.Na/c1-2-4-7-6(3-1)5-8-9-7;7-5-3-1-2-4-6(5)8;;2-1-3;/h1-4H,5H2;1-4,8H,7H2;1H;(H,2,3);/q;;;;+1/p-1. The van der Waals surface area contributed by atoms with Gasteiger partial charge in [-0.25, -0.2) is 0 Å². The summed E-state index contributed by atoms with van der Waals surface area (Å²) in [5.41, 5.74) is 8.43. The number of rotatable bonds is 0. The van der Waals surface area contributed by atoms with Gasteiger partial charge in [0.15, 0.2) is 0 Å². The smallest absolute Gasteiger partial charge is 0.444 e. The molecule has 6 nitrogen and oxygen atoms in total. The molecule has 0 fully saturated rings. The number of para-hydroxylation sites is 1. The van der Waals surface area contributed by atoms with Crippen LogP contribution in [0.4, 0.5) is 11.4 Å². The average Bonchev–Trinajstić information content (AvgIpc) is 2.92. The van der Waals surface area contributed by atoms with Crippen LogP contribution in [0.5, 0.6) is 0 Å². The van der Waals surface area contributed by atoms with E-state index in [-0.39, 0.29) is 42.0 Å². The van der Waals surface area contributed by atoms with Crippen LogP contribution in [0.15, 0.2) is 69.0 Å². The second kappa shape index (κ2) is 13.5. The molecule has 2 aromatic rings. The molecule has 0 amide bonds. The zero-order valence-corrected chi connectivity index (χ0v) is 15.6. The topological polar surface area (TPSA) is 103 Å². The number of hydrogen-bond donors (Lipinski definition) is 2. The van der Waals surface area contributed by atoms with Crippen LogP contribution in [0, 0.1) is 10.1 Å². The van der Waals surface area contributed by atoms with Crippen LogP contribution in [-0.4, -0.2) is 0 Å². The van der Waals surface area contributed by atoms with E-state index in [4.69, 9.17) is 15.8 Å². The van der Waals surface area contributed by atoms with Gasteiger partial charge in [-0.2, -0.15) is 10.2 Å². The minimum atomic E-state index is 0. The van der Waals surface area contributed by atoms with Gasteiger partial charge in [0.05, 0.1) is 12.2 Å². The fraction of sp³-hybridized carbons (Fsp3) is 0.0769. The van der Waals surface area contributed by atoms with Crippen molar-refractivity contribution in [1.29, 1.82) is 0 Å². The van der Waals surface area contributed by atoms with Crippen molar-refractivity contribution < 1.29 is 29.6 Å². The van der Waals surface area contributed by atoms with Crippen molar-refractivity contribution in [2.75, 3.05) is 5.73 Å². The molecule has 2 N–H and O–H groups in total. The minimum Gasteiger partial charge on any atom is -0.444 e. The van der Waals surface area contributed by atoms with Gasteiger partial charge in [-0.3, -0.25) is 0 Å². The minimum absolute atomic E-state index is 0. The maximum absolute atomic E-state index is 8.00. The van der Waals surface area contributed by atoms with E-state index in [0.29, 0.717) is 0 Å². The molecule has 9 heteroatoms. The molecule has 0 aliphatic carbocycles. The number of fused-ring (bicyclic) bond motifs is 1. The molecule has 0 saturated carbocycles. The van der Waals surface area contributed by atoms with E-state index in [0.717, 1.165) is 28.2 Å². The number of halogens is 1. The second-order valence-corrected chi connectivity index (χ2v) is 4.14. The molecule has 112 valence electrons. The Bertz CT molecular complexity index is 581. The van der Waals surface area contributed by atoms with Crippen molar-refractivity contribution in [2.24, 2.45) is 15.6 Å². The van der Waals surface area contributed by atoms with Gasteiger partial charge in [-0.05, 0) is 18.2 Å². The molecule has 0 unspecified atom stereocenters. The normalized spacial score (nSPS) is 9.50. The van der Waals surface area contributed by atoms with Gasteiger partial charge >= 0.3 is 29.6 Å². The van der Waals surface area contributed by atoms with Crippen LogP contribution in [-0.2, 0) is 6.54 Å². The Morgan fingerprint density at radius 1 is 1.14 bits per heavy atom. The number of nitrogens with zero attached hydrogens (tertiary/aromatic N) is 3. The summed E-state index contributed by atoms with van der Waals surface area (Å²) in [5, 5.41) is 16.8. The molecule has 0 atom stereocenters. The van der Waals surface area contributed by atoms with Crippen LogP contribution < -0.4 is 35.3 Å². The summed E-state index contributed by atoms with van der Waals surface area (Å²) >= 11 is 4.07. The summed E-state index contributed by atoms with van der Waals surface area (Å²) in [6, 6.07) is 15.5. The summed E-state index contributed by atoms with van der Waals surface area (Å²) in [6.07, 6.45) is 0. The van der Waals surface area contributed by atoms with E-state index in [1.165, 1.54) is 5.56 Å². The zero-order chi connectivity index (χ0) is 14.8. The molecule has 0 saturated heterocycles. The second-order valence-electron chi connectivity index (χ2n) is 3.66. The molecule has 1 aliphatic heterocycles. The molecule has 22 heavy (non-hydrogen) atoms. The molecule has 1 heterocycles. The Morgan fingerprint density at radius 3 is 2.18 bits per heavy atom. The number of anilines is 1. The largest absolute Gasteiger partial charge is 1.00 e. The first-order chi connectivity index (χ1) is 9.69. The fourth-order valence-corrected chi connectivity index (χ4v) is 1.58.